The Bertz CT molecular complexity index is 234. The maximum Gasteiger partial charge on any atom is 0.0667 e. The molecule has 0 aromatic carbocycles. The van der Waals surface area contributed by atoms with Crippen molar-refractivity contribution >= 4 is 0 Å². The Morgan fingerprint density at radius 2 is 2.36 bits per heavy atom. The normalized spacial score (nSPS) is 13.4. The molecule has 0 saturated carbocycles. The van der Waals surface area contributed by atoms with Gasteiger partial charge in [0, 0.05) is 25.0 Å². The van der Waals surface area contributed by atoms with Crippen LogP contribution in [0.4, 0.5) is 0 Å². The number of H-pyrrole nitrogens is 1. The summed E-state index contributed by atoms with van der Waals surface area (Å²) in [6.07, 6.45) is 2.32. The molecule has 1 atom stereocenters. The number of aromatic nitrogens is 2. The SMILES string of the molecule is CC(C)CC(O)CNCc1ccn[nH]1. The lowest BCUT2D eigenvalue weighted by molar-refractivity contribution is 0.146. The summed E-state index contributed by atoms with van der Waals surface area (Å²) in [5.74, 6) is 0.541. The van der Waals surface area contributed by atoms with Gasteiger partial charge in [0.2, 0.25) is 0 Å². The first-order chi connectivity index (χ1) is 6.68. The molecular formula is C10H19N3O. The molecule has 0 fully saturated rings. The highest BCUT2D eigenvalue weighted by Crippen LogP contribution is 2.03. The molecule has 0 amide bonds. The topological polar surface area (TPSA) is 60.9 Å². The van der Waals surface area contributed by atoms with Crippen LogP contribution in [-0.4, -0.2) is 28.0 Å². The van der Waals surface area contributed by atoms with Crippen LogP contribution in [0.15, 0.2) is 12.3 Å². The van der Waals surface area contributed by atoms with Crippen LogP contribution in [-0.2, 0) is 6.54 Å². The molecule has 0 saturated heterocycles. The fraction of sp³-hybridized carbons (Fsp3) is 0.700. The van der Waals surface area contributed by atoms with Crippen LogP contribution in [0.25, 0.3) is 0 Å². The molecule has 4 heteroatoms. The third kappa shape index (κ3) is 4.39. The number of rotatable bonds is 6. The van der Waals surface area contributed by atoms with Gasteiger partial charge in [0.25, 0.3) is 0 Å². The molecule has 1 unspecified atom stereocenters. The molecule has 0 radical (unpaired) electrons. The first-order valence-corrected chi connectivity index (χ1v) is 5.05. The van der Waals surface area contributed by atoms with E-state index in [-0.39, 0.29) is 6.10 Å². The highest BCUT2D eigenvalue weighted by Gasteiger charge is 2.05. The minimum absolute atomic E-state index is 0.252. The van der Waals surface area contributed by atoms with Gasteiger partial charge in [-0.25, -0.2) is 0 Å². The van der Waals surface area contributed by atoms with E-state index < -0.39 is 0 Å². The van der Waals surface area contributed by atoms with E-state index in [9.17, 15) is 5.11 Å². The van der Waals surface area contributed by atoms with Gasteiger partial charge in [-0.2, -0.15) is 5.10 Å². The highest BCUT2D eigenvalue weighted by atomic mass is 16.3. The number of hydrogen-bond donors (Lipinski definition) is 3. The first-order valence-electron chi connectivity index (χ1n) is 5.05. The zero-order chi connectivity index (χ0) is 10.4. The fourth-order valence-corrected chi connectivity index (χ4v) is 1.38. The maximum absolute atomic E-state index is 9.56. The summed E-state index contributed by atoms with van der Waals surface area (Å²) in [6.45, 7) is 5.59. The van der Waals surface area contributed by atoms with Gasteiger partial charge in [0.15, 0.2) is 0 Å². The van der Waals surface area contributed by atoms with Crippen molar-refractivity contribution < 1.29 is 5.11 Å². The second-order valence-corrected chi connectivity index (χ2v) is 4.00. The van der Waals surface area contributed by atoms with Crippen molar-refractivity contribution in [2.24, 2.45) is 5.92 Å². The van der Waals surface area contributed by atoms with Gasteiger partial charge in [0.05, 0.1) is 6.10 Å². The van der Waals surface area contributed by atoms with Crippen molar-refractivity contribution in [3.8, 4) is 0 Å². The average molecular weight is 197 g/mol. The quantitative estimate of drug-likeness (QED) is 0.635. The van der Waals surface area contributed by atoms with Crippen molar-refractivity contribution in [1.82, 2.24) is 15.5 Å². The van der Waals surface area contributed by atoms with Crippen LogP contribution in [0.5, 0.6) is 0 Å². The molecule has 0 aliphatic heterocycles. The Hall–Kier alpha value is -0.870. The largest absolute Gasteiger partial charge is 0.392 e. The number of hydrogen-bond acceptors (Lipinski definition) is 3. The van der Waals surface area contributed by atoms with Crippen molar-refractivity contribution in [1.29, 1.82) is 0 Å². The monoisotopic (exact) mass is 197 g/mol. The summed E-state index contributed by atoms with van der Waals surface area (Å²) in [6, 6.07) is 1.92. The van der Waals surface area contributed by atoms with E-state index in [1.165, 1.54) is 0 Å². The molecule has 1 aromatic rings. The predicted octanol–water partition coefficient (Wildman–Crippen LogP) is 0.906. The van der Waals surface area contributed by atoms with Crippen LogP contribution in [0, 0.1) is 5.92 Å². The van der Waals surface area contributed by atoms with Crippen LogP contribution in [0.3, 0.4) is 0 Å². The van der Waals surface area contributed by atoms with E-state index >= 15 is 0 Å². The number of aromatic amines is 1. The molecule has 1 aromatic heterocycles. The van der Waals surface area contributed by atoms with Crippen molar-refractivity contribution in [2.45, 2.75) is 32.9 Å². The average Bonchev–Trinajstić information content (AvgIpc) is 2.55. The summed E-state index contributed by atoms with van der Waals surface area (Å²) >= 11 is 0. The van der Waals surface area contributed by atoms with Gasteiger partial charge >= 0.3 is 0 Å². The maximum atomic E-state index is 9.56. The van der Waals surface area contributed by atoms with E-state index in [0.717, 1.165) is 18.7 Å². The third-order valence-corrected chi connectivity index (χ3v) is 2.00. The molecule has 80 valence electrons. The molecule has 1 rings (SSSR count). The smallest absolute Gasteiger partial charge is 0.0667 e. The van der Waals surface area contributed by atoms with E-state index in [4.69, 9.17) is 0 Å². The highest BCUT2D eigenvalue weighted by molar-refractivity contribution is 4.96. The standard InChI is InChI=1S/C10H19N3O/c1-8(2)5-10(14)7-11-6-9-3-4-12-13-9/h3-4,8,10-11,14H,5-7H2,1-2H3,(H,12,13). The summed E-state index contributed by atoms with van der Waals surface area (Å²) in [5, 5.41) is 19.4. The minimum atomic E-state index is -0.252. The summed E-state index contributed by atoms with van der Waals surface area (Å²) in [5.41, 5.74) is 1.04. The Labute approximate surface area is 84.7 Å². The van der Waals surface area contributed by atoms with E-state index in [2.05, 4.69) is 29.4 Å². The number of aliphatic hydroxyl groups excluding tert-OH is 1. The number of aliphatic hydroxyl groups is 1. The van der Waals surface area contributed by atoms with Crippen molar-refractivity contribution in [2.75, 3.05) is 6.54 Å². The first kappa shape index (κ1) is 11.2. The fourth-order valence-electron chi connectivity index (χ4n) is 1.38. The van der Waals surface area contributed by atoms with E-state index in [0.29, 0.717) is 12.5 Å². The predicted molar refractivity (Wildman–Crippen MR) is 55.8 cm³/mol. The van der Waals surface area contributed by atoms with Crippen molar-refractivity contribution in [3.05, 3.63) is 18.0 Å². The van der Waals surface area contributed by atoms with Crippen LogP contribution >= 0.6 is 0 Å². The van der Waals surface area contributed by atoms with Crippen LogP contribution < -0.4 is 5.32 Å². The van der Waals surface area contributed by atoms with Gasteiger partial charge in [-0.15, -0.1) is 0 Å². The molecule has 0 aliphatic carbocycles. The third-order valence-electron chi connectivity index (χ3n) is 2.00. The molecule has 0 aliphatic rings. The molecule has 14 heavy (non-hydrogen) atoms. The van der Waals surface area contributed by atoms with Gasteiger partial charge < -0.3 is 10.4 Å². The van der Waals surface area contributed by atoms with Crippen molar-refractivity contribution in [3.63, 3.8) is 0 Å². The number of nitrogens with one attached hydrogen (secondary N) is 2. The van der Waals surface area contributed by atoms with Gasteiger partial charge in [-0.05, 0) is 18.4 Å². The molecule has 4 nitrogen and oxygen atoms in total. The molecule has 3 N–H and O–H groups in total. The van der Waals surface area contributed by atoms with Gasteiger partial charge in [-0.1, -0.05) is 13.8 Å². The second-order valence-electron chi connectivity index (χ2n) is 4.00. The summed E-state index contributed by atoms with van der Waals surface area (Å²) in [4.78, 5) is 0. The molecule has 1 heterocycles. The zero-order valence-corrected chi connectivity index (χ0v) is 8.83. The molecular weight excluding hydrogens is 178 g/mol. The van der Waals surface area contributed by atoms with E-state index in [1.54, 1.807) is 6.20 Å². The van der Waals surface area contributed by atoms with Crippen LogP contribution in [0.1, 0.15) is 26.0 Å². The van der Waals surface area contributed by atoms with Crippen LogP contribution in [0.2, 0.25) is 0 Å². The zero-order valence-electron chi connectivity index (χ0n) is 8.83. The lowest BCUT2D eigenvalue weighted by atomic mass is 10.1. The Morgan fingerprint density at radius 1 is 1.57 bits per heavy atom. The summed E-state index contributed by atoms with van der Waals surface area (Å²) in [7, 11) is 0. The number of nitrogens with zero attached hydrogens (tertiary/aromatic N) is 1. The van der Waals surface area contributed by atoms with Gasteiger partial charge in [-0.3, -0.25) is 5.10 Å². The lowest BCUT2D eigenvalue weighted by Crippen LogP contribution is -2.27. The van der Waals surface area contributed by atoms with Gasteiger partial charge in [0.1, 0.15) is 0 Å². The summed E-state index contributed by atoms with van der Waals surface area (Å²) < 4.78 is 0. The molecule has 0 bridgehead atoms. The Balaban J connectivity index is 2.09. The Morgan fingerprint density at radius 3 is 2.93 bits per heavy atom. The lowest BCUT2D eigenvalue weighted by Gasteiger charge is -2.13. The molecule has 0 spiro atoms. The second kappa shape index (κ2) is 5.78. The van der Waals surface area contributed by atoms with E-state index in [1.807, 2.05) is 6.07 Å². The Kier molecular flexibility index (Phi) is 4.62. The minimum Gasteiger partial charge on any atom is -0.392 e.